The zero-order chi connectivity index (χ0) is 17.4. The molecular weight excluding hydrogens is 318 g/mol. The van der Waals surface area contributed by atoms with E-state index in [4.69, 9.17) is 4.74 Å². The van der Waals surface area contributed by atoms with Gasteiger partial charge in [0, 0.05) is 0 Å². The molecule has 2 aromatic carbocycles. The van der Waals surface area contributed by atoms with Gasteiger partial charge in [-0.1, -0.05) is 36.4 Å². The van der Waals surface area contributed by atoms with Gasteiger partial charge in [0.05, 0.1) is 43.6 Å². The highest BCUT2D eigenvalue weighted by molar-refractivity contribution is 5.82. The number of rotatable bonds is 4. The minimum absolute atomic E-state index is 0.268. The summed E-state index contributed by atoms with van der Waals surface area (Å²) in [6.07, 6.45) is -0.823. The lowest BCUT2D eigenvalue weighted by molar-refractivity contribution is -0.0322. The second kappa shape index (κ2) is 7.02. The Morgan fingerprint density at radius 1 is 1.00 bits per heavy atom. The lowest BCUT2D eigenvalue weighted by atomic mass is 9.97. The Labute approximate surface area is 147 Å². The maximum atomic E-state index is 10.4. The van der Waals surface area contributed by atoms with Gasteiger partial charge in [-0.15, -0.1) is 0 Å². The topological polar surface area (TPSA) is 73.2 Å². The Morgan fingerprint density at radius 3 is 2.64 bits per heavy atom. The summed E-state index contributed by atoms with van der Waals surface area (Å²) in [5.41, 5.74) is 1.09. The normalized spacial score (nSPS) is 32.8. The second-order valence-electron chi connectivity index (χ2n) is 7.18. The molecule has 0 unspecified atom stereocenters. The maximum Gasteiger partial charge on any atom is 0.0995 e. The molecule has 4 rings (SSSR count). The summed E-state index contributed by atoms with van der Waals surface area (Å²) in [6, 6.07) is 13.8. The zero-order valence-corrected chi connectivity index (χ0v) is 14.2. The summed E-state index contributed by atoms with van der Waals surface area (Å²) in [6.45, 7) is 1.58. The van der Waals surface area contributed by atoms with Crippen LogP contribution in [0.15, 0.2) is 42.5 Å². The van der Waals surface area contributed by atoms with E-state index in [2.05, 4.69) is 30.3 Å². The van der Waals surface area contributed by atoms with Gasteiger partial charge in [-0.25, -0.2) is 0 Å². The Balaban J connectivity index is 1.40. The molecule has 25 heavy (non-hydrogen) atoms. The average Bonchev–Trinajstić information content (AvgIpc) is 2.87. The van der Waals surface area contributed by atoms with Crippen molar-refractivity contribution in [2.75, 3.05) is 13.2 Å². The molecule has 2 aliphatic rings. The SMILES string of the molecule is O[C@@H]1[C@H](O)[C@@H](COCc2ccc3ccccc3c2)N2CCC[C@@H](O)[C@H]12. The van der Waals surface area contributed by atoms with Crippen LogP contribution in [-0.2, 0) is 11.3 Å². The summed E-state index contributed by atoms with van der Waals surface area (Å²) in [5.74, 6) is 0. The lowest BCUT2D eigenvalue weighted by Gasteiger charge is -2.37. The van der Waals surface area contributed by atoms with E-state index in [9.17, 15) is 15.3 Å². The van der Waals surface area contributed by atoms with Gasteiger partial charge in [0.1, 0.15) is 0 Å². The lowest BCUT2D eigenvalue weighted by Crippen LogP contribution is -2.51. The average molecular weight is 343 g/mol. The molecule has 2 aromatic rings. The van der Waals surface area contributed by atoms with Crippen molar-refractivity contribution in [1.82, 2.24) is 4.90 Å². The number of hydrogen-bond donors (Lipinski definition) is 3. The molecule has 2 aliphatic heterocycles. The van der Waals surface area contributed by atoms with Gasteiger partial charge in [0.15, 0.2) is 0 Å². The van der Waals surface area contributed by atoms with Crippen molar-refractivity contribution in [2.24, 2.45) is 0 Å². The molecule has 0 bridgehead atoms. The second-order valence-corrected chi connectivity index (χ2v) is 7.18. The predicted octanol–water partition coefficient (Wildman–Crippen LogP) is 1.29. The molecule has 0 amide bonds. The monoisotopic (exact) mass is 343 g/mol. The van der Waals surface area contributed by atoms with Gasteiger partial charge >= 0.3 is 0 Å². The van der Waals surface area contributed by atoms with Crippen molar-refractivity contribution in [3.63, 3.8) is 0 Å². The largest absolute Gasteiger partial charge is 0.391 e. The van der Waals surface area contributed by atoms with Crippen molar-refractivity contribution >= 4 is 10.8 Å². The van der Waals surface area contributed by atoms with E-state index in [1.807, 2.05) is 17.0 Å². The summed E-state index contributed by atoms with van der Waals surface area (Å²) >= 11 is 0. The van der Waals surface area contributed by atoms with Crippen LogP contribution in [0.3, 0.4) is 0 Å². The van der Waals surface area contributed by atoms with E-state index < -0.39 is 18.3 Å². The number of fused-ring (bicyclic) bond motifs is 2. The Hall–Kier alpha value is -1.50. The summed E-state index contributed by atoms with van der Waals surface area (Å²) in [7, 11) is 0. The third-order valence-electron chi connectivity index (χ3n) is 5.58. The molecule has 0 spiro atoms. The number of piperidine rings is 1. The summed E-state index contributed by atoms with van der Waals surface area (Å²) in [4.78, 5) is 2.02. The number of hydrogen-bond acceptors (Lipinski definition) is 5. The van der Waals surface area contributed by atoms with Crippen molar-refractivity contribution in [2.45, 2.75) is 49.8 Å². The fourth-order valence-corrected chi connectivity index (χ4v) is 4.28. The van der Waals surface area contributed by atoms with Crippen molar-refractivity contribution in [3.8, 4) is 0 Å². The van der Waals surface area contributed by atoms with Crippen LogP contribution in [0.4, 0.5) is 0 Å². The number of ether oxygens (including phenoxy) is 1. The molecule has 134 valence electrons. The van der Waals surface area contributed by atoms with Crippen molar-refractivity contribution < 1.29 is 20.1 Å². The van der Waals surface area contributed by atoms with Gasteiger partial charge < -0.3 is 20.1 Å². The molecule has 0 aromatic heterocycles. The fraction of sp³-hybridized carbons (Fsp3) is 0.500. The van der Waals surface area contributed by atoms with E-state index in [1.54, 1.807) is 0 Å². The first-order valence-corrected chi connectivity index (χ1v) is 9.00. The summed E-state index contributed by atoms with van der Waals surface area (Å²) < 4.78 is 5.86. The number of benzene rings is 2. The molecule has 0 radical (unpaired) electrons. The Kier molecular flexibility index (Phi) is 4.75. The Morgan fingerprint density at radius 2 is 1.80 bits per heavy atom. The van der Waals surface area contributed by atoms with Crippen LogP contribution >= 0.6 is 0 Å². The maximum absolute atomic E-state index is 10.4. The molecule has 2 heterocycles. The number of aliphatic hydroxyl groups is 3. The summed E-state index contributed by atoms with van der Waals surface area (Å²) in [5, 5.41) is 33.1. The first kappa shape index (κ1) is 16.9. The van der Waals surface area contributed by atoms with E-state index in [0.29, 0.717) is 19.6 Å². The molecule has 5 nitrogen and oxygen atoms in total. The highest BCUT2D eigenvalue weighted by atomic mass is 16.5. The third kappa shape index (κ3) is 3.18. The molecular formula is C20H25NO4. The van der Waals surface area contributed by atoms with Crippen LogP contribution in [0.5, 0.6) is 0 Å². The predicted molar refractivity (Wildman–Crippen MR) is 95.1 cm³/mol. The van der Waals surface area contributed by atoms with Gasteiger partial charge in [0.2, 0.25) is 0 Å². The standard InChI is InChI=1S/C20H25NO4/c22-17-6-3-9-21-16(19(23)20(24)18(17)21)12-25-11-13-7-8-14-4-1-2-5-15(14)10-13/h1-2,4-5,7-8,10,16-20,22-24H,3,6,9,11-12H2/t16-,17-,18-,19-,20+/m1/s1. The van der Waals surface area contributed by atoms with E-state index in [-0.39, 0.29) is 12.1 Å². The van der Waals surface area contributed by atoms with Crippen LogP contribution in [0.1, 0.15) is 18.4 Å². The first-order chi connectivity index (χ1) is 12.1. The molecule has 0 saturated carbocycles. The van der Waals surface area contributed by atoms with E-state index in [1.165, 1.54) is 10.8 Å². The highest BCUT2D eigenvalue weighted by Crippen LogP contribution is 2.32. The van der Waals surface area contributed by atoms with Crippen LogP contribution in [0.25, 0.3) is 10.8 Å². The van der Waals surface area contributed by atoms with Crippen LogP contribution in [0, 0.1) is 0 Å². The smallest absolute Gasteiger partial charge is 0.0995 e. The van der Waals surface area contributed by atoms with Crippen molar-refractivity contribution in [1.29, 1.82) is 0 Å². The van der Waals surface area contributed by atoms with Crippen LogP contribution in [-0.4, -0.2) is 63.8 Å². The number of nitrogens with zero attached hydrogens (tertiary/aromatic N) is 1. The third-order valence-corrected chi connectivity index (χ3v) is 5.58. The van der Waals surface area contributed by atoms with E-state index in [0.717, 1.165) is 18.5 Å². The molecule has 2 saturated heterocycles. The molecule has 5 heteroatoms. The first-order valence-electron chi connectivity index (χ1n) is 9.00. The van der Waals surface area contributed by atoms with Crippen molar-refractivity contribution in [3.05, 3.63) is 48.0 Å². The zero-order valence-electron chi connectivity index (χ0n) is 14.2. The fourth-order valence-electron chi connectivity index (χ4n) is 4.28. The molecule has 2 fully saturated rings. The molecule has 0 aliphatic carbocycles. The molecule has 3 N–H and O–H groups in total. The van der Waals surface area contributed by atoms with Crippen LogP contribution in [0.2, 0.25) is 0 Å². The van der Waals surface area contributed by atoms with Gasteiger partial charge in [-0.05, 0) is 41.8 Å². The number of aliphatic hydroxyl groups excluding tert-OH is 3. The quantitative estimate of drug-likeness (QED) is 0.780. The highest BCUT2D eigenvalue weighted by Gasteiger charge is 2.51. The van der Waals surface area contributed by atoms with Gasteiger partial charge in [0.25, 0.3) is 0 Å². The van der Waals surface area contributed by atoms with Crippen LogP contribution < -0.4 is 0 Å². The minimum atomic E-state index is -0.912. The molecule has 5 atom stereocenters. The Bertz CT molecular complexity index is 736. The van der Waals surface area contributed by atoms with Gasteiger partial charge in [-0.2, -0.15) is 0 Å². The van der Waals surface area contributed by atoms with Gasteiger partial charge in [-0.3, -0.25) is 4.90 Å². The van der Waals surface area contributed by atoms with E-state index >= 15 is 0 Å². The minimum Gasteiger partial charge on any atom is -0.391 e.